The quantitative estimate of drug-likeness (QED) is 0.558. The second-order valence-electron chi connectivity index (χ2n) is 8.91. The Bertz CT molecular complexity index is 1180. The third-order valence-corrected chi connectivity index (χ3v) is 6.49. The number of pyridine rings is 2. The fourth-order valence-corrected chi connectivity index (χ4v) is 4.97. The molecule has 2 aliphatic heterocycles. The molecule has 3 aromatic heterocycles. The van der Waals surface area contributed by atoms with Crippen molar-refractivity contribution in [2.24, 2.45) is 0 Å². The van der Waals surface area contributed by atoms with Crippen LogP contribution in [0.3, 0.4) is 0 Å². The number of hydrogen-bond acceptors (Lipinski definition) is 6. The number of anilines is 1. The summed E-state index contributed by atoms with van der Waals surface area (Å²) >= 11 is 0. The Morgan fingerprint density at radius 3 is 2.62 bits per heavy atom. The summed E-state index contributed by atoms with van der Waals surface area (Å²) in [5.41, 5.74) is 1.29. The van der Waals surface area contributed by atoms with Gasteiger partial charge in [-0.05, 0) is 37.8 Å². The number of nitrogens with one attached hydrogen (secondary N) is 2. The lowest BCUT2D eigenvalue weighted by Gasteiger charge is -2.39. The summed E-state index contributed by atoms with van der Waals surface area (Å²) in [4.78, 5) is 28.0. The number of halogens is 3. The van der Waals surface area contributed by atoms with E-state index in [1.54, 1.807) is 25.4 Å². The van der Waals surface area contributed by atoms with Crippen molar-refractivity contribution >= 4 is 22.8 Å². The third kappa shape index (κ3) is 4.84. The van der Waals surface area contributed by atoms with E-state index in [1.807, 2.05) is 17.0 Å². The predicted molar refractivity (Wildman–Crippen MR) is 119 cm³/mol. The van der Waals surface area contributed by atoms with Crippen LogP contribution in [0.25, 0.3) is 22.4 Å². The number of alkyl halides is 3. The molecule has 3 aromatic rings. The first-order valence-electron chi connectivity index (χ1n) is 11.3. The van der Waals surface area contributed by atoms with Crippen molar-refractivity contribution in [2.75, 3.05) is 11.9 Å². The van der Waals surface area contributed by atoms with Gasteiger partial charge in [0, 0.05) is 49.2 Å². The van der Waals surface area contributed by atoms with Crippen LogP contribution >= 0.6 is 0 Å². The van der Waals surface area contributed by atoms with E-state index in [0.717, 1.165) is 18.2 Å². The van der Waals surface area contributed by atoms with Gasteiger partial charge in [0.15, 0.2) is 11.7 Å². The molecule has 5 rings (SSSR count). The molecule has 0 radical (unpaired) electrons. The smallest absolute Gasteiger partial charge is 0.390 e. The van der Waals surface area contributed by atoms with Gasteiger partial charge < -0.3 is 14.6 Å². The molecule has 2 amide bonds. The average Bonchev–Trinajstić information content (AvgIpc) is 3.33. The fraction of sp³-hybridized carbons (Fsp3) is 0.478. The number of fused-ring (bicyclic) bond motifs is 3. The molecule has 180 valence electrons. The Balaban J connectivity index is 1.25. The molecule has 2 bridgehead atoms. The second kappa shape index (κ2) is 8.86. The Labute approximate surface area is 194 Å². The molecule has 2 fully saturated rings. The number of hydrogen-bond donors (Lipinski definition) is 2. The molecule has 0 spiro atoms. The normalized spacial score (nSPS) is 22.4. The molecular formula is C23H25F3N6O2. The first-order chi connectivity index (χ1) is 16.2. The zero-order valence-electron chi connectivity index (χ0n) is 18.6. The van der Waals surface area contributed by atoms with Crippen LogP contribution in [0.1, 0.15) is 38.0 Å². The first kappa shape index (κ1) is 22.6. The van der Waals surface area contributed by atoms with E-state index >= 15 is 0 Å². The van der Waals surface area contributed by atoms with E-state index in [-0.39, 0.29) is 30.7 Å². The molecular weight excluding hydrogens is 449 g/mol. The van der Waals surface area contributed by atoms with Crippen LogP contribution in [0.2, 0.25) is 0 Å². The van der Waals surface area contributed by atoms with Crippen LogP contribution in [0.5, 0.6) is 0 Å². The van der Waals surface area contributed by atoms with Crippen molar-refractivity contribution in [3.63, 3.8) is 0 Å². The second-order valence-corrected chi connectivity index (χ2v) is 8.91. The molecule has 34 heavy (non-hydrogen) atoms. The number of oxazole rings is 1. The average molecular weight is 474 g/mol. The van der Waals surface area contributed by atoms with E-state index in [2.05, 4.69) is 25.6 Å². The highest BCUT2D eigenvalue weighted by molar-refractivity contribution is 5.91. The van der Waals surface area contributed by atoms with Crippen molar-refractivity contribution in [1.29, 1.82) is 0 Å². The lowest BCUT2D eigenvalue weighted by Crippen LogP contribution is -2.53. The highest BCUT2D eigenvalue weighted by atomic mass is 19.4. The molecule has 2 unspecified atom stereocenters. The molecule has 5 heterocycles. The number of aryl methyl sites for hydroxylation is 1. The lowest BCUT2D eigenvalue weighted by atomic mass is 9.97. The van der Waals surface area contributed by atoms with Gasteiger partial charge in [-0.2, -0.15) is 13.2 Å². The summed E-state index contributed by atoms with van der Waals surface area (Å²) in [5.74, 6) is 1.50. The molecule has 8 nitrogen and oxygen atoms in total. The number of carbonyl (C=O) groups is 1. The van der Waals surface area contributed by atoms with Crippen molar-refractivity contribution in [3.8, 4) is 11.5 Å². The zero-order chi connectivity index (χ0) is 23.9. The van der Waals surface area contributed by atoms with E-state index in [1.165, 1.54) is 0 Å². The number of aromatic nitrogens is 3. The fourth-order valence-electron chi connectivity index (χ4n) is 4.97. The van der Waals surface area contributed by atoms with Gasteiger partial charge in [0.05, 0.1) is 18.1 Å². The number of rotatable bonds is 5. The topological polar surface area (TPSA) is 96.2 Å². The van der Waals surface area contributed by atoms with Crippen molar-refractivity contribution in [3.05, 3.63) is 36.5 Å². The maximum absolute atomic E-state index is 13.1. The van der Waals surface area contributed by atoms with Crippen LogP contribution in [0, 0.1) is 6.92 Å². The van der Waals surface area contributed by atoms with E-state index in [9.17, 15) is 18.0 Å². The number of amides is 2. The van der Waals surface area contributed by atoms with E-state index < -0.39 is 12.6 Å². The number of piperidine rings is 1. The molecule has 2 N–H and O–H groups in total. The summed E-state index contributed by atoms with van der Waals surface area (Å²) in [6, 6.07) is 5.18. The summed E-state index contributed by atoms with van der Waals surface area (Å²) in [7, 11) is 0. The van der Waals surface area contributed by atoms with Gasteiger partial charge in [0.2, 0.25) is 0 Å². The van der Waals surface area contributed by atoms with E-state index in [0.29, 0.717) is 41.5 Å². The van der Waals surface area contributed by atoms with Gasteiger partial charge in [0.25, 0.3) is 0 Å². The van der Waals surface area contributed by atoms with Crippen LogP contribution in [0.15, 0.2) is 35.0 Å². The SMILES string of the molecule is Cc1ncc(-c2ccc3cnc(NC(=O)N4C5CCC4CC(NCCC(F)(F)F)C5)cc3n2)o1. The molecule has 2 saturated heterocycles. The molecule has 11 heteroatoms. The highest BCUT2D eigenvalue weighted by Crippen LogP contribution is 2.36. The van der Waals surface area contributed by atoms with Gasteiger partial charge in [-0.25, -0.2) is 19.7 Å². The van der Waals surface area contributed by atoms with Gasteiger partial charge in [-0.3, -0.25) is 5.32 Å². The largest absolute Gasteiger partial charge is 0.439 e. The molecule has 2 aliphatic rings. The minimum absolute atomic E-state index is 0.00186. The van der Waals surface area contributed by atoms with Crippen LogP contribution in [-0.2, 0) is 0 Å². The van der Waals surface area contributed by atoms with Crippen molar-refractivity contribution in [2.45, 2.75) is 63.3 Å². The molecule has 0 aromatic carbocycles. The maximum Gasteiger partial charge on any atom is 0.390 e. The summed E-state index contributed by atoms with van der Waals surface area (Å²) < 4.78 is 42.9. The maximum atomic E-state index is 13.1. The summed E-state index contributed by atoms with van der Waals surface area (Å²) in [6.45, 7) is 1.67. The Hall–Kier alpha value is -3.21. The van der Waals surface area contributed by atoms with Gasteiger partial charge in [-0.15, -0.1) is 0 Å². The lowest BCUT2D eigenvalue weighted by molar-refractivity contribution is -0.133. The Morgan fingerprint density at radius 2 is 1.94 bits per heavy atom. The number of carbonyl (C=O) groups excluding carboxylic acids is 1. The van der Waals surface area contributed by atoms with Gasteiger partial charge >= 0.3 is 12.2 Å². The Kier molecular flexibility index (Phi) is 5.88. The first-order valence-corrected chi connectivity index (χ1v) is 11.3. The van der Waals surface area contributed by atoms with Gasteiger partial charge in [0.1, 0.15) is 11.5 Å². The zero-order valence-corrected chi connectivity index (χ0v) is 18.6. The van der Waals surface area contributed by atoms with Crippen LogP contribution < -0.4 is 10.6 Å². The minimum atomic E-state index is -4.16. The number of nitrogens with zero attached hydrogens (tertiary/aromatic N) is 4. The third-order valence-electron chi connectivity index (χ3n) is 6.49. The molecule has 0 saturated carbocycles. The van der Waals surface area contributed by atoms with Gasteiger partial charge in [-0.1, -0.05) is 0 Å². The highest BCUT2D eigenvalue weighted by Gasteiger charge is 2.43. The summed E-state index contributed by atoms with van der Waals surface area (Å²) in [6.07, 6.45) is 1.25. The minimum Gasteiger partial charge on any atom is -0.439 e. The standard InChI is InChI=1S/C23H25F3N6O2/c1-13-28-12-20(34-13)18-5-2-14-11-29-21(10-19(14)30-18)31-22(33)32-16-3-4-17(32)9-15(8-16)27-7-6-23(24,25)26/h2,5,10-12,15-17,27H,3-4,6-9H2,1H3,(H,29,31,33). The van der Waals surface area contributed by atoms with Crippen LogP contribution in [-0.4, -0.2) is 56.7 Å². The monoisotopic (exact) mass is 474 g/mol. The molecule has 2 atom stereocenters. The van der Waals surface area contributed by atoms with E-state index in [4.69, 9.17) is 4.42 Å². The Morgan fingerprint density at radius 1 is 1.18 bits per heavy atom. The molecule has 0 aliphatic carbocycles. The number of urea groups is 1. The summed E-state index contributed by atoms with van der Waals surface area (Å²) in [5, 5.41) is 6.72. The van der Waals surface area contributed by atoms with Crippen molar-refractivity contribution in [1.82, 2.24) is 25.2 Å². The predicted octanol–water partition coefficient (Wildman–Crippen LogP) is 4.66. The van der Waals surface area contributed by atoms with Crippen LogP contribution in [0.4, 0.5) is 23.8 Å². The van der Waals surface area contributed by atoms with Crippen molar-refractivity contribution < 1.29 is 22.4 Å².